The quantitative estimate of drug-likeness (QED) is 0.616. The molecule has 2 aromatic rings. The van der Waals surface area contributed by atoms with Gasteiger partial charge >= 0.3 is 6.09 Å². The topological polar surface area (TPSA) is 84.7 Å². The molecule has 2 aromatic heterocycles. The summed E-state index contributed by atoms with van der Waals surface area (Å²) in [5, 5.41) is 6.98. The summed E-state index contributed by atoms with van der Waals surface area (Å²) >= 11 is 1.44. The number of thiazole rings is 1. The number of carbonyl (C=O) groups is 2. The van der Waals surface area contributed by atoms with Crippen molar-refractivity contribution in [3.8, 4) is 0 Å². The SMILES string of the molecule is C=CCOC(=O)NCCNC(=O)c1csc2cncn12. The Morgan fingerprint density at radius 3 is 3.05 bits per heavy atom. The Labute approximate surface area is 119 Å². The lowest BCUT2D eigenvalue weighted by molar-refractivity contribution is 0.0947. The fourth-order valence-corrected chi connectivity index (χ4v) is 2.34. The number of ether oxygens (including phenoxy) is 1. The summed E-state index contributed by atoms with van der Waals surface area (Å²) in [6, 6.07) is 0. The van der Waals surface area contributed by atoms with Crippen LogP contribution in [0.3, 0.4) is 0 Å². The Balaban J connectivity index is 1.75. The van der Waals surface area contributed by atoms with Crippen molar-refractivity contribution in [3.05, 3.63) is 36.3 Å². The molecule has 7 nitrogen and oxygen atoms in total. The number of carbonyl (C=O) groups excluding carboxylic acids is 2. The first-order valence-electron chi connectivity index (χ1n) is 5.91. The van der Waals surface area contributed by atoms with E-state index in [1.54, 1.807) is 22.3 Å². The third kappa shape index (κ3) is 3.35. The van der Waals surface area contributed by atoms with Gasteiger partial charge in [0.1, 0.15) is 23.5 Å². The third-order valence-corrected chi connectivity index (χ3v) is 3.28. The molecule has 0 aromatic carbocycles. The smallest absolute Gasteiger partial charge is 0.407 e. The number of amides is 2. The van der Waals surface area contributed by atoms with Crippen LogP contribution in [0.15, 0.2) is 30.6 Å². The fourth-order valence-electron chi connectivity index (χ4n) is 1.50. The van der Waals surface area contributed by atoms with E-state index in [1.807, 2.05) is 0 Å². The van der Waals surface area contributed by atoms with Gasteiger partial charge in [0.25, 0.3) is 5.91 Å². The Bertz CT molecular complexity index is 619. The number of aromatic nitrogens is 2. The van der Waals surface area contributed by atoms with Crippen LogP contribution in [0, 0.1) is 0 Å². The zero-order chi connectivity index (χ0) is 14.4. The summed E-state index contributed by atoms with van der Waals surface area (Å²) in [7, 11) is 0. The summed E-state index contributed by atoms with van der Waals surface area (Å²) < 4.78 is 6.44. The van der Waals surface area contributed by atoms with Gasteiger partial charge in [0.15, 0.2) is 0 Å². The first-order chi connectivity index (χ1) is 9.72. The summed E-state index contributed by atoms with van der Waals surface area (Å²) in [5.74, 6) is -0.212. The minimum absolute atomic E-state index is 0.158. The number of hydrogen-bond acceptors (Lipinski definition) is 5. The first kappa shape index (κ1) is 14.1. The van der Waals surface area contributed by atoms with Gasteiger partial charge in [-0.05, 0) is 0 Å². The molecule has 2 amide bonds. The number of imidazole rings is 1. The van der Waals surface area contributed by atoms with Gasteiger partial charge in [-0.1, -0.05) is 12.7 Å². The minimum atomic E-state index is -0.535. The van der Waals surface area contributed by atoms with Crippen molar-refractivity contribution >= 4 is 28.2 Å². The molecule has 106 valence electrons. The largest absolute Gasteiger partial charge is 0.445 e. The van der Waals surface area contributed by atoms with Gasteiger partial charge in [0.05, 0.1) is 6.20 Å². The predicted molar refractivity (Wildman–Crippen MR) is 74.9 cm³/mol. The van der Waals surface area contributed by atoms with Crippen LogP contribution in [0.25, 0.3) is 4.83 Å². The number of rotatable bonds is 6. The van der Waals surface area contributed by atoms with E-state index in [2.05, 4.69) is 22.2 Å². The van der Waals surface area contributed by atoms with Gasteiger partial charge in [0, 0.05) is 18.5 Å². The lowest BCUT2D eigenvalue weighted by Crippen LogP contribution is -2.35. The van der Waals surface area contributed by atoms with Crippen LogP contribution in [0.4, 0.5) is 4.79 Å². The molecule has 0 atom stereocenters. The standard InChI is InChI=1S/C12H14N4O3S/c1-2-5-19-12(18)15-4-3-14-11(17)9-7-20-10-6-13-8-16(9)10/h2,6-8H,1,3-5H2,(H,14,17)(H,15,18). The van der Waals surface area contributed by atoms with Crippen molar-refractivity contribution in [3.63, 3.8) is 0 Å². The van der Waals surface area contributed by atoms with Crippen LogP contribution in [0.2, 0.25) is 0 Å². The highest BCUT2D eigenvalue weighted by atomic mass is 32.1. The molecule has 0 aliphatic heterocycles. The van der Waals surface area contributed by atoms with Crippen LogP contribution in [0.5, 0.6) is 0 Å². The summed E-state index contributed by atoms with van der Waals surface area (Å²) in [6.45, 7) is 4.20. The molecule has 0 spiro atoms. The molecular formula is C12H14N4O3S. The summed E-state index contributed by atoms with van der Waals surface area (Å²) in [4.78, 5) is 27.9. The van der Waals surface area contributed by atoms with Crippen LogP contribution < -0.4 is 10.6 Å². The van der Waals surface area contributed by atoms with Gasteiger partial charge < -0.3 is 15.4 Å². The minimum Gasteiger partial charge on any atom is -0.445 e. The third-order valence-electron chi connectivity index (χ3n) is 2.40. The molecule has 0 fully saturated rings. The number of nitrogens with one attached hydrogen (secondary N) is 2. The molecule has 0 aliphatic carbocycles. The maximum Gasteiger partial charge on any atom is 0.407 e. The Morgan fingerprint density at radius 1 is 1.45 bits per heavy atom. The van der Waals surface area contributed by atoms with E-state index in [4.69, 9.17) is 4.74 Å². The fraction of sp³-hybridized carbons (Fsp3) is 0.250. The van der Waals surface area contributed by atoms with E-state index in [-0.39, 0.29) is 12.5 Å². The van der Waals surface area contributed by atoms with Gasteiger partial charge in [-0.15, -0.1) is 11.3 Å². The zero-order valence-corrected chi connectivity index (χ0v) is 11.5. The number of hydrogen-bond donors (Lipinski definition) is 2. The Morgan fingerprint density at radius 2 is 2.25 bits per heavy atom. The van der Waals surface area contributed by atoms with Crippen molar-refractivity contribution in [1.82, 2.24) is 20.0 Å². The lowest BCUT2D eigenvalue weighted by Gasteiger charge is -2.06. The van der Waals surface area contributed by atoms with Crippen molar-refractivity contribution < 1.29 is 14.3 Å². The summed E-state index contributed by atoms with van der Waals surface area (Å²) in [5.41, 5.74) is 0.525. The maximum atomic E-state index is 11.9. The molecule has 0 saturated carbocycles. The predicted octanol–water partition coefficient (Wildman–Crippen LogP) is 1.04. The number of nitrogens with zero attached hydrogens (tertiary/aromatic N) is 2. The highest BCUT2D eigenvalue weighted by molar-refractivity contribution is 7.15. The van der Waals surface area contributed by atoms with E-state index in [1.165, 1.54) is 17.4 Å². The second-order valence-electron chi connectivity index (χ2n) is 3.79. The van der Waals surface area contributed by atoms with E-state index in [0.29, 0.717) is 18.8 Å². The monoisotopic (exact) mass is 294 g/mol. The number of alkyl carbamates (subject to hydrolysis) is 1. The molecule has 0 unspecified atom stereocenters. The van der Waals surface area contributed by atoms with E-state index in [0.717, 1.165) is 4.83 Å². The molecule has 2 N–H and O–H groups in total. The second-order valence-corrected chi connectivity index (χ2v) is 4.68. The normalized spacial score (nSPS) is 10.2. The van der Waals surface area contributed by atoms with Crippen molar-refractivity contribution in [2.24, 2.45) is 0 Å². The average Bonchev–Trinajstić information content (AvgIpc) is 3.03. The Hall–Kier alpha value is -2.35. The van der Waals surface area contributed by atoms with E-state index in [9.17, 15) is 9.59 Å². The Kier molecular flexibility index (Phi) is 4.72. The molecule has 0 saturated heterocycles. The van der Waals surface area contributed by atoms with Gasteiger partial charge in [-0.25, -0.2) is 9.78 Å². The van der Waals surface area contributed by atoms with Crippen molar-refractivity contribution in [2.75, 3.05) is 19.7 Å². The highest BCUT2D eigenvalue weighted by Gasteiger charge is 2.11. The summed E-state index contributed by atoms with van der Waals surface area (Å²) in [6.07, 6.45) is 4.23. The van der Waals surface area contributed by atoms with Crippen molar-refractivity contribution in [2.45, 2.75) is 0 Å². The van der Waals surface area contributed by atoms with E-state index >= 15 is 0 Å². The lowest BCUT2D eigenvalue weighted by atomic mass is 10.4. The molecular weight excluding hydrogens is 280 g/mol. The molecule has 20 heavy (non-hydrogen) atoms. The van der Waals surface area contributed by atoms with Gasteiger partial charge in [-0.3, -0.25) is 9.20 Å². The second kappa shape index (κ2) is 6.71. The van der Waals surface area contributed by atoms with Crippen LogP contribution in [0.1, 0.15) is 10.5 Å². The average molecular weight is 294 g/mol. The van der Waals surface area contributed by atoms with Gasteiger partial charge in [0.2, 0.25) is 0 Å². The first-order valence-corrected chi connectivity index (χ1v) is 6.79. The molecule has 0 radical (unpaired) electrons. The maximum absolute atomic E-state index is 11.9. The van der Waals surface area contributed by atoms with Crippen molar-refractivity contribution in [1.29, 1.82) is 0 Å². The van der Waals surface area contributed by atoms with Crippen LogP contribution >= 0.6 is 11.3 Å². The number of fused-ring (bicyclic) bond motifs is 1. The van der Waals surface area contributed by atoms with Gasteiger partial charge in [-0.2, -0.15) is 0 Å². The molecule has 2 heterocycles. The van der Waals surface area contributed by atoms with Crippen LogP contribution in [-0.2, 0) is 4.74 Å². The molecule has 0 aliphatic rings. The molecule has 2 rings (SSSR count). The zero-order valence-electron chi connectivity index (χ0n) is 10.7. The van der Waals surface area contributed by atoms with Crippen LogP contribution in [-0.4, -0.2) is 41.1 Å². The molecule has 0 bridgehead atoms. The van der Waals surface area contributed by atoms with E-state index < -0.39 is 6.09 Å². The highest BCUT2D eigenvalue weighted by Crippen LogP contribution is 2.15. The molecule has 8 heteroatoms.